The van der Waals surface area contributed by atoms with E-state index in [0.717, 1.165) is 0 Å². The lowest BCUT2D eigenvalue weighted by Gasteiger charge is -2.05. The fourth-order valence-electron chi connectivity index (χ4n) is 1.57. The average molecular weight is 244 g/mol. The van der Waals surface area contributed by atoms with Crippen LogP contribution in [0.3, 0.4) is 0 Å². The zero-order valence-electron chi connectivity index (χ0n) is 9.08. The van der Waals surface area contributed by atoms with Gasteiger partial charge in [-0.25, -0.2) is 9.78 Å². The van der Waals surface area contributed by atoms with Gasteiger partial charge in [-0.05, 0) is 12.1 Å². The summed E-state index contributed by atoms with van der Waals surface area (Å²) in [5.74, 6) is 0.393. The van der Waals surface area contributed by atoms with Crippen LogP contribution in [0.4, 0.5) is 0 Å². The summed E-state index contributed by atoms with van der Waals surface area (Å²) in [6.07, 6.45) is 1.33. The van der Waals surface area contributed by atoms with Gasteiger partial charge in [0, 0.05) is 0 Å². The largest absolute Gasteiger partial charge is 0.367 e. The Kier molecular flexibility index (Phi) is 2.23. The van der Waals surface area contributed by atoms with Crippen molar-refractivity contribution in [3.05, 3.63) is 57.5 Å². The van der Waals surface area contributed by atoms with E-state index >= 15 is 0 Å². The van der Waals surface area contributed by atoms with Gasteiger partial charge in [0.2, 0.25) is 0 Å². The Morgan fingerprint density at radius 1 is 1.17 bits per heavy atom. The first-order chi connectivity index (χ1) is 8.75. The van der Waals surface area contributed by atoms with Crippen molar-refractivity contribution < 1.29 is 4.84 Å². The van der Waals surface area contributed by atoms with Crippen LogP contribution in [-0.4, -0.2) is 19.7 Å². The van der Waals surface area contributed by atoms with E-state index < -0.39 is 11.2 Å². The Morgan fingerprint density at radius 2 is 1.94 bits per heavy atom. The number of rotatable bonds is 2. The maximum atomic E-state index is 12.0. The SMILES string of the molecule is O=c1[nH]c2nc[nH]c2c(=O)n1Oc1ccccc1. The lowest BCUT2D eigenvalue weighted by atomic mass is 10.3. The van der Waals surface area contributed by atoms with Gasteiger partial charge >= 0.3 is 11.2 Å². The third kappa shape index (κ3) is 1.58. The van der Waals surface area contributed by atoms with E-state index in [1.54, 1.807) is 30.3 Å². The summed E-state index contributed by atoms with van der Waals surface area (Å²) in [6, 6.07) is 8.57. The molecular formula is C11H8N4O3. The van der Waals surface area contributed by atoms with E-state index in [1.165, 1.54) is 6.33 Å². The van der Waals surface area contributed by atoms with E-state index in [2.05, 4.69) is 15.0 Å². The van der Waals surface area contributed by atoms with Gasteiger partial charge in [0.25, 0.3) is 0 Å². The number of aromatic amines is 2. The lowest BCUT2D eigenvalue weighted by molar-refractivity contribution is 0.192. The highest BCUT2D eigenvalue weighted by Gasteiger charge is 2.10. The molecule has 1 aromatic carbocycles. The monoisotopic (exact) mass is 244 g/mol. The predicted octanol–water partition coefficient (Wildman–Crippen LogP) is 0.255. The summed E-state index contributed by atoms with van der Waals surface area (Å²) in [4.78, 5) is 37.8. The number of imidazole rings is 1. The van der Waals surface area contributed by atoms with E-state index in [9.17, 15) is 9.59 Å². The molecule has 0 amide bonds. The molecule has 2 aromatic heterocycles. The van der Waals surface area contributed by atoms with Gasteiger partial charge in [0.05, 0.1) is 6.33 Å². The maximum Gasteiger partial charge on any atom is 0.364 e. The minimum Gasteiger partial charge on any atom is -0.367 e. The van der Waals surface area contributed by atoms with Gasteiger partial charge in [-0.1, -0.05) is 22.9 Å². The molecule has 0 spiro atoms. The van der Waals surface area contributed by atoms with Crippen molar-refractivity contribution in [1.82, 2.24) is 19.7 Å². The van der Waals surface area contributed by atoms with Crippen LogP contribution in [0.15, 0.2) is 46.2 Å². The van der Waals surface area contributed by atoms with Crippen molar-refractivity contribution in [2.24, 2.45) is 0 Å². The molecule has 90 valence electrons. The molecule has 0 aliphatic carbocycles. The Hall–Kier alpha value is -2.83. The van der Waals surface area contributed by atoms with Crippen LogP contribution in [-0.2, 0) is 0 Å². The highest BCUT2D eigenvalue weighted by Crippen LogP contribution is 2.07. The van der Waals surface area contributed by atoms with Crippen LogP contribution in [0.25, 0.3) is 11.2 Å². The Morgan fingerprint density at radius 3 is 2.72 bits per heavy atom. The van der Waals surface area contributed by atoms with Crippen LogP contribution in [0.5, 0.6) is 5.75 Å². The number of fused-ring (bicyclic) bond motifs is 1. The fourth-order valence-corrected chi connectivity index (χ4v) is 1.57. The molecule has 18 heavy (non-hydrogen) atoms. The van der Waals surface area contributed by atoms with Crippen molar-refractivity contribution in [2.45, 2.75) is 0 Å². The molecule has 3 rings (SSSR count). The zero-order valence-corrected chi connectivity index (χ0v) is 9.08. The van der Waals surface area contributed by atoms with Crippen LogP contribution in [0.1, 0.15) is 0 Å². The van der Waals surface area contributed by atoms with E-state index in [1.807, 2.05) is 0 Å². The van der Waals surface area contributed by atoms with E-state index in [0.29, 0.717) is 10.5 Å². The predicted molar refractivity (Wildman–Crippen MR) is 63.4 cm³/mol. The first-order valence-electron chi connectivity index (χ1n) is 5.17. The third-order valence-corrected chi connectivity index (χ3v) is 2.39. The summed E-state index contributed by atoms with van der Waals surface area (Å²) < 4.78 is 0.649. The number of hydrogen-bond donors (Lipinski definition) is 2. The molecular weight excluding hydrogens is 236 g/mol. The normalized spacial score (nSPS) is 10.7. The Bertz CT molecular complexity index is 800. The highest BCUT2D eigenvalue weighted by atomic mass is 16.7. The smallest absolute Gasteiger partial charge is 0.364 e. The molecule has 0 aliphatic heterocycles. The molecule has 0 fully saturated rings. The quantitative estimate of drug-likeness (QED) is 0.676. The van der Waals surface area contributed by atoms with E-state index in [4.69, 9.17) is 4.84 Å². The van der Waals surface area contributed by atoms with Crippen molar-refractivity contribution >= 4 is 11.2 Å². The minimum absolute atomic E-state index is 0.186. The third-order valence-electron chi connectivity index (χ3n) is 2.39. The number of nitrogens with zero attached hydrogens (tertiary/aromatic N) is 2. The maximum absolute atomic E-state index is 12.0. The Balaban J connectivity index is 2.18. The van der Waals surface area contributed by atoms with Crippen LogP contribution < -0.4 is 16.1 Å². The first-order valence-corrected chi connectivity index (χ1v) is 5.17. The molecule has 2 heterocycles. The van der Waals surface area contributed by atoms with Crippen molar-refractivity contribution in [3.8, 4) is 5.75 Å². The summed E-state index contributed by atoms with van der Waals surface area (Å²) in [5, 5.41) is 0. The fraction of sp³-hybridized carbons (Fsp3) is 0. The average Bonchev–Trinajstić information content (AvgIpc) is 2.84. The van der Waals surface area contributed by atoms with E-state index in [-0.39, 0.29) is 11.2 Å². The molecule has 7 heteroatoms. The molecule has 0 unspecified atom stereocenters. The number of benzene rings is 1. The second-order valence-corrected chi connectivity index (χ2v) is 3.56. The molecule has 3 aromatic rings. The molecule has 0 saturated heterocycles. The summed E-state index contributed by atoms with van der Waals surface area (Å²) in [5.41, 5.74) is -0.873. The van der Waals surface area contributed by atoms with Gasteiger partial charge in [-0.15, -0.1) is 0 Å². The zero-order chi connectivity index (χ0) is 12.5. The highest BCUT2D eigenvalue weighted by molar-refractivity contribution is 5.67. The number of nitrogens with one attached hydrogen (secondary N) is 2. The van der Waals surface area contributed by atoms with Gasteiger partial charge in [-0.2, -0.15) is 0 Å². The summed E-state index contributed by atoms with van der Waals surface area (Å²) >= 11 is 0. The molecule has 0 aliphatic rings. The Labute approximate surface area is 99.6 Å². The topological polar surface area (TPSA) is 92.8 Å². The van der Waals surface area contributed by atoms with Crippen LogP contribution >= 0.6 is 0 Å². The molecule has 0 saturated carbocycles. The molecule has 0 radical (unpaired) electrons. The molecule has 2 N–H and O–H groups in total. The summed E-state index contributed by atoms with van der Waals surface area (Å²) in [7, 11) is 0. The second kappa shape index (κ2) is 3.88. The lowest BCUT2D eigenvalue weighted by Crippen LogP contribution is -2.38. The molecule has 7 nitrogen and oxygen atoms in total. The second-order valence-electron chi connectivity index (χ2n) is 3.56. The van der Waals surface area contributed by atoms with Crippen molar-refractivity contribution in [2.75, 3.05) is 0 Å². The van der Waals surface area contributed by atoms with Crippen molar-refractivity contribution in [1.29, 1.82) is 0 Å². The number of para-hydroxylation sites is 1. The van der Waals surface area contributed by atoms with Crippen molar-refractivity contribution in [3.63, 3.8) is 0 Å². The number of H-pyrrole nitrogens is 2. The first kappa shape index (κ1) is 10.3. The van der Waals surface area contributed by atoms with Crippen LogP contribution in [0, 0.1) is 0 Å². The van der Waals surface area contributed by atoms with Gasteiger partial charge < -0.3 is 9.82 Å². The minimum atomic E-state index is -0.677. The van der Waals surface area contributed by atoms with Gasteiger partial charge in [0.15, 0.2) is 16.9 Å². The molecule has 0 atom stereocenters. The van der Waals surface area contributed by atoms with Gasteiger partial charge in [0.1, 0.15) is 0 Å². The summed E-state index contributed by atoms with van der Waals surface area (Å²) in [6.45, 7) is 0. The number of aromatic nitrogens is 4. The number of hydrogen-bond acceptors (Lipinski definition) is 4. The van der Waals surface area contributed by atoms with Gasteiger partial charge in [-0.3, -0.25) is 9.78 Å². The standard InChI is InChI=1S/C11H8N4O3/c16-10-8-9(13-6-12-8)14-11(17)15(10)18-7-4-2-1-3-5-7/h1-6H,(H,12,13)(H,14,17). The molecule has 0 bridgehead atoms. The van der Waals surface area contributed by atoms with Crippen LogP contribution in [0.2, 0.25) is 0 Å².